The molecule has 4 aliphatic carbocycles. The second-order valence-electron chi connectivity index (χ2n) is 11.3. The van der Waals surface area contributed by atoms with E-state index in [4.69, 9.17) is 4.74 Å². The molecule has 4 fully saturated rings. The number of Topliss-reactive ketones (excluding diaryl/α,β-unsaturated/α-hetero) is 1. The average molecular weight is 403 g/mol. The largest absolute Gasteiger partial charge is 0.462 e. The van der Waals surface area contributed by atoms with Gasteiger partial charge in [-0.05, 0) is 80.5 Å². The summed E-state index contributed by atoms with van der Waals surface area (Å²) in [6, 6.07) is 0. The van der Waals surface area contributed by atoms with E-state index >= 15 is 0 Å². The molecule has 0 spiro atoms. The predicted molar refractivity (Wildman–Crippen MR) is 115 cm³/mol. The minimum absolute atomic E-state index is 0.0385. The van der Waals surface area contributed by atoms with Crippen molar-refractivity contribution in [3.05, 3.63) is 0 Å². The highest BCUT2D eigenvalue weighted by atomic mass is 16.5. The molecule has 3 unspecified atom stereocenters. The highest BCUT2D eigenvalue weighted by molar-refractivity contribution is 5.79. The van der Waals surface area contributed by atoms with Crippen LogP contribution in [-0.4, -0.2) is 17.9 Å². The van der Waals surface area contributed by atoms with Crippen molar-refractivity contribution >= 4 is 11.8 Å². The van der Waals surface area contributed by atoms with E-state index in [-0.39, 0.29) is 17.5 Å². The molecule has 0 aromatic heterocycles. The molecular weight excluding hydrogens is 360 g/mol. The molecule has 3 nitrogen and oxygen atoms in total. The first-order chi connectivity index (χ1) is 13.9. The Balaban J connectivity index is 1.41. The van der Waals surface area contributed by atoms with Crippen LogP contribution in [0.25, 0.3) is 0 Å². The van der Waals surface area contributed by atoms with Crippen molar-refractivity contribution in [2.45, 2.75) is 117 Å². The number of hydrogen-bond donors (Lipinski definition) is 0. The second-order valence-corrected chi connectivity index (χ2v) is 11.3. The molecule has 164 valence electrons. The Bertz CT molecular complexity index is 627. The molecule has 0 saturated heterocycles. The van der Waals surface area contributed by atoms with Crippen LogP contribution >= 0.6 is 0 Å². The van der Waals surface area contributed by atoms with Gasteiger partial charge in [-0.3, -0.25) is 9.59 Å². The predicted octanol–water partition coefficient (Wildman–Crippen LogP) is 6.48. The summed E-state index contributed by atoms with van der Waals surface area (Å²) >= 11 is 0. The summed E-state index contributed by atoms with van der Waals surface area (Å²) < 4.78 is 6.11. The maximum atomic E-state index is 12.5. The molecule has 4 saturated carbocycles. The minimum atomic E-state index is 0.0385. The van der Waals surface area contributed by atoms with Gasteiger partial charge in [0.15, 0.2) is 0 Å². The van der Waals surface area contributed by atoms with Gasteiger partial charge >= 0.3 is 5.97 Å². The van der Waals surface area contributed by atoms with Crippen molar-refractivity contribution < 1.29 is 14.3 Å². The third kappa shape index (κ3) is 3.81. The van der Waals surface area contributed by atoms with Gasteiger partial charge in [0.05, 0.1) is 0 Å². The number of ether oxygens (including phenoxy) is 1. The third-order valence-electron chi connectivity index (χ3n) is 9.90. The van der Waals surface area contributed by atoms with Crippen molar-refractivity contribution in [2.75, 3.05) is 0 Å². The van der Waals surface area contributed by atoms with Gasteiger partial charge in [0, 0.05) is 24.7 Å². The van der Waals surface area contributed by atoms with E-state index in [0.717, 1.165) is 50.4 Å². The third-order valence-corrected chi connectivity index (χ3v) is 9.90. The van der Waals surface area contributed by atoms with Crippen LogP contribution in [0.2, 0.25) is 0 Å². The van der Waals surface area contributed by atoms with Crippen molar-refractivity contribution in [1.29, 1.82) is 0 Å². The molecule has 0 aromatic carbocycles. The summed E-state index contributed by atoms with van der Waals surface area (Å²) in [4.78, 5) is 24.5. The van der Waals surface area contributed by atoms with Crippen LogP contribution < -0.4 is 0 Å². The fourth-order valence-electron chi connectivity index (χ4n) is 8.10. The Kier molecular flexibility index (Phi) is 6.15. The summed E-state index contributed by atoms with van der Waals surface area (Å²) in [6.07, 6.45) is 15.3. The SMILES string of the molecule is CCCCCCC(=O)O[C@@H]1CCC2C3CC[C@@H]4CC(=O)CC[C@]4(C)C3CC[C@@]21C. The molecule has 4 aliphatic rings. The Hall–Kier alpha value is -0.860. The fourth-order valence-corrected chi connectivity index (χ4v) is 8.10. The summed E-state index contributed by atoms with van der Waals surface area (Å²) in [5, 5.41) is 0. The van der Waals surface area contributed by atoms with Crippen molar-refractivity contribution in [1.82, 2.24) is 0 Å². The molecule has 0 bridgehead atoms. The Morgan fingerprint density at radius 2 is 1.76 bits per heavy atom. The fraction of sp³-hybridized carbons (Fsp3) is 0.923. The number of ketones is 1. The summed E-state index contributed by atoms with van der Waals surface area (Å²) in [6.45, 7) is 7.13. The van der Waals surface area contributed by atoms with Crippen LogP contribution in [0.5, 0.6) is 0 Å². The molecular formula is C26H42O3. The maximum absolute atomic E-state index is 12.5. The van der Waals surface area contributed by atoms with Crippen molar-refractivity contribution in [3.8, 4) is 0 Å². The van der Waals surface area contributed by atoms with Crippen LogP contribution in [0.4, 0.5) is 0 Å². The lowest BCUT2D eigenvalue weighted by Crippen LogP contribution is -2.54. The molecule has 0 aliphatic heterocycles. The molecule has 0 radical (unpaired) electrons. The monoisotopic (exact) mass is 402 g/mol. The molecule has 0 aromatic rings. The van der Waals surface area contributed by atoms with E-state index in [0.29, 0.717) is 29.5 Å². The Morgan fingerprint density at radius 3 is 2.55 bits per heavy atom. The lowest BCUT2D eigenvalue weighted by Gasteiger charge is -2.60. The molecule has 7 atom stereocenters. The van der Waals surface area contributed by atoms with Gasteiger partial charge in [0.25, 0.3) is 0 Å². The molecule has 0 heterocycles. The Labute approximate surface area is 177 Å². The van der Waals surface area contributed by atoms with E-state index in [1.807, 2.05) is 0 Å². The maximum Gasteiger partial charge on any atom is 0.306 e. The second kappa shape index (κ2) is 8.35. The van der Waals surface area contributed by atoms with Crippen LogP contribution in [-0.2, 0) is 14.3 Å². The number of hydrogen-bond acceptors (Lipinski definition) is 3. The van der Waals surface area contributed by atoms with Gasteiger partial charge < -0.3 is 4.74 Å². The first-order valence-corrected chi connectivity index (χ1v) is 12.6. The van der Waals surface area contributed by atoms with E-state index in [9.17, 15) is 9.59 Å². The van der Waals surface area contributed by atoms with E-state index in [2.05, 4.69) is 20.8 Å². The topological polar surface area (TPSA) is 43.4 Å². The first kappa shape index (κ1) is 21.4. The van der Waals surface area contributed by atoms with Gasteiger partial charge in [-0.15, -0.1) is 0 Å². The molecule has 4 rings (SSSR count). The summed E-state index contributed by atoms with van der Waals surface area (Å²) in [5.74, 6) is 3.41. The highest BCUT2D eigenvalue weighted by Gasteiger charge is 2.61. The molecule has 0 amide bonds. The summed E-state index contributed by atoms with van der Waals surface area (Å²) in [7, 11) is 0. The zero-order valence-corrected chi connectivity index (χ0v) is 19.0. The number of unbranched alkanes of at least 4 members (excludes halogenated alkanes) is 3. The zero-order valence-electron chi connectivity index (χ0n) is 19.0. The normalized spacial score (nSPS) is 44.0. The van der Waals surface area contributed by atoms with Gasteiger partial charge in [-0.25, -0.2) is 0 Å². The van der Waals surface area contributed by atoms with E-state index < -0.39 is 0 Å². The number of rotatable bonds is 6. The van der Waals surface area contributed by atoms with Gasteiger partial charge in [0.1, 0.15) is 11.9 Å². The number of carbonyl (C=O) groups is 2. The smallest absolute Gasteiger partial charge is 0.306 e. The number of esters is 1. The van der Waals surface area contributed by atoms with Crippen molar-refractivity contribution in [3.63, 3.8) is 0 Å². The molecule has 0 N–H and O–H groups in total. The zero-order chi connectivity index (χ0) is 20.6. The van der Waals surface area contributed by atoms with Crippen LogP contribution in [0, 0.1) is 34.5 Å². The average Bonchev–Trinajstić information content (AvgIpc) is 3.02. The number of fused-ring (bicyclic) bond motifs is 5. The lowest BCUT2D eigenvalue weighted by atomic mass is 9.45. The highest BCUT2D eigenvalue weighted by Crippen LogP contribution is 2.66. The van der Waals surface area contributed by atoms with Crippen LogP contribution in [0.15, 0.2) is 0 Å². The summed E-state index contributed by atoms with van der Waals surface area (Å²) in [5.41, 5.74) is 0.542. The van der Waals surface area contributed by atoms with E-state index in [1.54, 1.807) is 0 Å². The van der Waals surface area contributed by atoms with Gasteiger partial charge in [-0.1, -0.05) is 40.0 Å². The first-order valence-electron chi connectivity index (χ1n) is 12.6. The minimum Gasteiger partial charge on any atom is -0.462 e. The quantitative estimate of drug-likeness (QED) is 0.377. The lowest BCUT2D eigenvalue weighted by molar-refractivity contribution is -0.164. The Morgan fingerprint density at radius 1 is 0.966 bits per heavy atom. The molecule has 29 heavy (non-hydrogen) atoms. The molecule has 3 heteroatoms. The van der Waals surface area contributed by atoms with Crippen LogP contribution in [0.3, 0.4) is 0 Å². The number of carbonyl (C=O) groups excluding carboxylic acids is 2. The van der Waals surface area contributed by atoms with Gasteiger partial charge in [-0.2, -0.15) is 0 Å². The standard InChI is InChI=1S/C26H42O3/c1-4-5-6-7-8-24(28)29-23-12-11-21-20-10-9-18-17-19(27)13-15-25(18,2)22(20)14-16-26(21,23)3/h18,20-23H,4-17H2,1-3H3/t18-,20?,21?,22?,23-,25+,26+/m1/s1. The van der Waals surface area contributed by atoms with Crippen molar-refractivity contribution in [2.24, 2.45) is 34.5 Å². The van der Waals surface area contributed by atoms with Gasteiger partial charge in [0.2, 0.25) is 0 Å². The van der Waals surface area contributed by atoms with Crippen LogP contribution in [0.1, 0.15) is 111 Å². The van der Waals surface area contributed by atoms with E-state index in [1.165, 1.54) is 44.9 Å².